The van der Waals surface area contributed by atoms with Gasteiger partial charge in [0, 0.05) is 49.7 Å². The minimum Gasteiger partial charge on any atom is -0.468 e. The van der Waals surface area contributed by atoms with Gasteiger partial charge < -0.3 is 15.0 Å². The Morgan fingerprint density at radius 3 is 2.44 bits per heavy atom. The van der Waals surface area contributed by atoms with Crippen molar-refractivity contribution in [2.24, 2.45) is 0 Å². The van der Waals surface area contributed by atoms with Crippen molar-refractivity contribution < 1.29 is 19.1 Å². The van der Waals surface area contributed by atoms with E-state index in [4.69, 9.17) is 16.3 Å². The van der Waals surface area contributed by atoms with E-state index in [-0.39, 0.29) is 30.7 Å². The van der Waals surface area contributed by atoms with Crippen LogP contribution in [-0.4, -0.2) is 67.4 Å². The highest BCUT2D eigenvalue weighted by Crippen LogP contribution is 2.29. The minimum atomic E-state index is -0.612. The standard InChI is InChI=1S/C24H28ClN3O4/c1-17-6-5-7-18(16-17)23(30)26-11-10-21(29)27-12-14-28(15-13-27)22(24(31)32-2)19-8-3-4-9-20(19)25/h3-9,16,22H,10-15H2,1-2H3,(H,26,30). The van der Waals surface area contributed by atoms with E-state index in [0.29, 0.717) is 42.3 Å². The third-order valence-electron chi connectivity index (χ3n) is 5.56. The molecule has 2 aromatic rings. The van der Waals surface area contributed by atoms with E-state index in [2.05, 4.69) is 5.32 Å². The van der Waals surface area contributed by atoms with Gasteiger partial charge in [-0.3, -0.25) is 14.5 Å². The number of halogens is 1. The summed E-state index contributed by atoms with van der Waals surface area (Å²) in [5.41, 5.74) is 2.28. The molecule has 1 unspecified atom stereocenters. The Morgan fingerprint density at radius 2 is 1.78 bits per heavy atom. The molecule has 3 rings (SSSR count). The molecule has 0 spiro atoms. The molecule has 0 aromatic heterocycles. The Morgan fingerprint density at radius 1 is 1.06 bits per heavy atom. The maximum Gasteiger partial charge on any atom is 0.327 e. The number of esters is 1. The Hall–Kier alpha value is -2.90. The van der Waals surface area contributed by atoms with Crippen LogP contribution >= 0.6 is 11.6 Å². The second kappa shape index (κ2) is 11.1. The number of ether oxygens (including phenoxy) is 1. The minimum absolute atomic E-state index is 0.0263. The van der Waals surface area contributed by atoms with E-state index in [1.165, 1.54) is 7.11 Å². The number of carbonyl (C=O) groups excluding carboxylic acids is 3. The summed E-state index contributed by atoms with van der Waals surface area (Å²) in [6.45, 7) is 4.22. The Bertz CT molecular complexity index is 973. The normalized spacial score (nSPS) is 15.2. The number of carbonyl (C=O) groups is 3. The number of amides is 2. The summed E-state index contributed by atoms with van der Waals surface area (Å²) in [4.78, 5) is 41.1. The molecule has 1 aliphatic rings. The van der Waals surface area contributed by atoms with Crippen LogP contribution in [0.25, 0.3) is 0 Å². The molecule has 0 radical (unpaired) electrons. The maximum atomic E-state index is 12.6. The topological polar surface area (TPSA) is 79.0 Å². The molecule has 1 N–H and O–H groups in total. The first-order chi connectivity index (χ1) is 15.4. The lowest BCUT2D eigenvalue weighted by Gasteiger charge is -2.38. The first-order valence-corrected chi connectivity index (χ1v) is 11.0. The van der Waals surface area contributed by atoms with Gasteiger partial charge in [0.25, 0.3) is 5.91 Å². The number of benzene rings is 2. The quantitative estimate of drug-likeness (QED) is 0.647. The number of methoxy groups -OCH3 is 1. The van der Waals surface area contributed by atoms with Crippen molar-refractivity contribution in [2.45, 2.75) is 19.4 Å². The lowest BCUT2D eigenvalue weighted by Crippen LogP contribution is -2.51. The van der Waals surface area contributed by atoms with E-state index >= 15 is 0 Å². The first kappa shape index (κ1) is 23.8. The zero-order valence-corrected chi connectivity index (χ0v) is 19.1. The van der Waals surface area contributed by atoms with Gasteiger partial charge in [0.15, 0.2) is 0 Å². The predicted octanol–water partition coefficient (Wildman–Crippen LogP) is 2.83. The SMILES string of the molecule is COC(=O)C(c1ccccc1Cl)N1CCN(C(=O)CCNC(=O)c2cccc(C)c2)CC1. The summed E-state index contributed by atoms with van der Waals surface area (Å²) < 4.78 is 5.01. The molecule has 0 aliphatic carbocycles. The molecule has 1 fully saturated rings. The van der Waals surface area contributed by atoms with Crippen molar-refractivity contribution in [1.29, 1.82) is 0 Å². The number of aryl methyl sites for hydroxylation is 1. The van der Waals surface area contributed by atoms with Gasteiger partial charge >= 0.3 is 5.97 Å². The van der Waals surface area contributed by atoms with Crippen molar-refractivity contribution in [2.75, 3.05) is 39.8 Å². The molecule has 32 heavy (non-hydrogen) atoms. The van der Waals surface area contributed by atoms with Crippen LogP contribution < -0.4 is 5.32 Å². The summed E-state index contributed by atoms with van der Waals surface area (Å²) in [7, 11) is 1.36. The molecule has 2 aromatic carbocycles. The van der Waals surface area contributed by atoms with Crippen LogP contribution in [0.1, 0.15) is 33.9 Å². The van der Waals surface area contributed by atoms with Gasteiger partial charge in [-0.05, 0) is 30.7 Å². The third-order valence-corrected chi connectivity index (χ3v) is 5.91. The van der Waals surface area contributed by atoms with Gasteiger partial charge in [0.1, 0.15) is 6.04 Å². The van der Waals surface area contributed by atoms with Crippen molar-refractivity contribution in [3.63, 3.8) is 0 Å². The van der Waals surface area contributed by atoms with Gasteiger partial charge in [-0.1, -0.05) is 47.5 Å². The van der Waals surface area contributed by atoms with Crippen molar-refractivity contribution in [3.8, 4) is 0 Å². The monoisotopic (exact) mass is 457 g/mol. The number of nitrogens with zero attached hydrogens (tertiary/aromatic N) is 2. The van der Waals surface area contributed by atoms with Gasteiger partial charge in [-0.2, -0.15) is 0 Å². The van der Waals surface area contributed by atoms with Crippen LogP contribution in [0, 0.1) is 6.92 Å². The Balaban J connectivity index is 1.51. The van der Waals surface area contributed by atoms with Crippen LogP contribution in [0.3, 0.4) is 0 Å². The lowest BCUT2D eigenvalue weighted by molar-refractivity contribution is -0.148. The molecule has 7 nitrogen and oxygen atoms in total. The van der Waals surface area contributed by atoms with Crippen LogP contribution in [0.4, 0.5) is 0 Å². The number of hydrogen-bond donors (Lipinski definition) is 1. The number of piperazine rings is 1. The zero-order chi connectivity index (χ0) is 23.1. The highest BCUT2D eigenvalue weighted by atomic mass is 35.5. The fraction of sp³-hybridized carbons (Fsp3) is 0.375. The predicted molar refractivity (Wildman–Crippen MR) is 122 cm³/mol. The van der Waals surface area contributed by atoms with Crippen molar-refractivity contribution in [1.82, 2.24) is 15.1 Å². The molecular weight excluding hydrogens is 430 g/mol. The zero-order valence-electron chi connectivity index (χ0n) is 18.3. The van der Waals surface area contributed by atoms with Crippen molar-refractivity contribution >= 4 is 29.4 Å². The second-order valence-electron chi connectivity index (χ2n) is 7.74. The van der Waals surface area contributed by atoms with E-state index in [9.17, 15) is 14.4 Å². The summed E-state index contributed by atoms with van der Waals surface area (Å²) in [6, 6.07) is 13.9. The summed E-state index contributed by atoms with van der Waals surface area (Å²) in [5.74, 6) is -0.592. The van der Waals surface area contributed by atoms with Crippen molar-refractivity contribution in [3.05, 3.63) is 70.2 Å². The van der Waals surface area contributed by atoms with Crippen LogP contribution in [0.15, 0.2) is 48.5 Å². The molecule has 170 valence electrons. The summed E-state index contributed by atoms with van der Waals surface area (Å²) in [5, 5.41) is 3.31. The Labute approximate surface area is 193 Å². The highest BCUT2D eigenvalue weighted by Gasteiger charge is 2.33. The molecule has 8 heteroatoms. The van der Waals surface area contributed by atoms with Crippen LogP contribution in [-0.2, 0) is 14.3 Å². The molecule has 0 bridgehead atoms. The Kier molecular flexibility index (Phi) is 8.25. The molecule has 1 atom stereocenters. The summed E-state index contributed by atoms with van der Waals surface area (Å²) in [6.07, 6.45) is 0.225. The van der Waals surface area contributed by atoms with Gasteiger partial charge in [-0.25, -0.2) is 4.79 Å². The van der Waals surface area contributed by atoms with E-state index in [1.807, 2.05) is 48.2 Å². The highest BCUT2D eigenvalue weighted by molar-refractivity contribution is 6.31. The average molecular weight is 458 g/mol. The first-order valence-electron chi connectivity index (χ1n) is 10.6. The lowest BCUT2D eigenvalue weighted by atomic mass is 10.0. The van der Waals surface area contributed by atoms with E-state index < -0.39 is 6.04 Å². The van der Waals surface area contributed by atoms with E-state index in [0.717, 1.165) is 5.56 Å². The number of rotatable bonds is 7. The average Bonchev–Trinajstić information content (AvgIpc) is 2.80. The largest absolute Gasteiger partial charge is 0.468 e. The third kappa shape index (κ3) is 5.87. The molecule has 1 aliphatic heterocycles. The molecule has 1 heterocycles. The second-order valence-corrected chi connectivity index (χ2v) is 8.15. The van der Waals surface area contributed by atoms with Gasteiger partial charge in [0.2, 0.25) is 5.91 Å². The van der Waals surface area contributed by atoms with Crippen LogP contribution in [0.2, 0.25) is 5.02 Å². The number of nitrogens with one attached hydrogen (secondary N) is 1. The molecule has 1 saturated heterocycles. The van der Waals surface area contributed by atoms with Gasteiger partial charge in [-0.15, -0.1) is 0 Å². The fourth-order valence-electron chi connectivity index (χ4n) is 3.84. The number of hydrogen-bond acceptors (Lipinski definition) is 5. The van der Waals surface area contributed by atoms with E-state index in [1.54, 1.807) is 17.0 Å². The fourth-order valence-corrected chi connectivity index (χ4v) is 4.08. The van der Waals surface area contributed by atoms with Gasteiger partial charge in [0.05, 0.1) is 7.11 Å². The molecule has 0 saturated carbocycles. The molecular formula is C24H28ClN3O4. The molecule has 2 amide bonds. The van der Waals surface area contributed by atoms with Crippen LogP contribution in [0.5, 0.6) is 0 Å². The maximum absolute atomic E-state index is 12.6. The summed E-state index contributed by atoms with van der Waals surface area (Å²) >= 11 is 6.32. The smallest absolute Gasteiger partial charge is 0.327 e.